The molecule has 1 aromatic carbocycles. The van der Waals surface area contributed by atoms with Gasteiger partial charge in [-0.1, -0.05) is 18.2 Å². The second-order valence-electron chi connectivity index (χ2n) is 6.28. The summed E-state index contributed by atoms with van der Waals surface area (Å²) in [5.74, 6) is 0.443. The lowest BCUT2D eigenvalue weighted by Gasteiger charge is -2.30. The van der Waals surface area contributed by atoms with E-state index in [0.717, 1.165) is 44.3 Å². The van der Waals surface area contributed by atoms with Gasteiger partial charge in [-0.15, -0.1) is 0 Å². The van der Waals surface area contributed by atoms with Crippen molar-refractivity contribution in [3.63, 3.8) is 0 Å². The van der Waals surface area contributed by atoms with Crippen LogP contribution in [0.25, 0.3) is 0 Å². The van der Waals surface area contributed by atoms with Crippen LogP contribution in [-0.2, 0) is 10.0 Å². The molecular formula is C16H24N2O2S. The molecule has 1 aromatic rings. The summed E-state index contributed by atoms with van der Waals surface area (Å²) in [6, 6.07) is 7.53. The molecule has 0 bridgehead atoms. The van der Waals surface area contributed by atoms with E-state index in [4.69, 9.17) is 0 Å². The highest BCUT2D eigenvalue weighted by Gasteiger charge is 2.39. The third-order valence-electron chi connectivity index (χ3n) is 4.47. The van der Waals surface area contributed by atoms with Crippen molar-refractivity contribution in [2.24, 2.45) is 5.92 Å². The Kier molecular flexibility index (Phi) is 4.33. The Morgan fingerprint density at radius 1 is 1.24 bits per heavy atom. The molecule has 0 aromatic heterocycles. The molecule has 116 valence electrons. The third kappa shape index (κ3) is 3.30. The number of aryl methyl sites for hydroxylation is 1. The Labute approximate surface area is 127 Å². The Bertz CT molecular complexity index is 590. The van der Waals surface area contributed by atoms with Crippen LogP contribution in [0.1, 0.15) is 31.2 Å². The van der Waals surface area contributed by atoms with E-state index in [1.165, 1.54) is 0 Å². The quantitative estimate of drug-likeness (QED) is 0.907. The smallest absolute Gasteiger partial charge is 0.243 e. The van der Waals surface area contributed by atoms with E-state index in [0.29, 0.717) is 17.4 Å². The fraction of sp³-hybridized carbons (Fsp3) is 0.625. The first-order valence-electron chi connectivity index (χ1n) is 7.87. The van der Waals surface area contributed by atoms with Gasteiger partial charge in [0.05, 0.1) is 4.90 Å². The van der Waals surface area contributed by atoms with E-state index in [1.54, 1.807) is 10.4 Å². The second kappa shape index (κ2) is 6.07. The first-order valence-corrected chi connectivity index (χ1v) is 9.31. The van der Waals surface area contributed by atoms with Gasteiger partial charge in [0.15, 0.2) is 0 Å². The van der Waals surface area contributed by atoms with E-state index >= 15 is 0 Å². The second-order valence-corrected chi connectivity index (χ2v) is 8.14. The van der Waals surface area contributed by atoms with Crippen LogP contribution in [0.5, 0.6) is 0 Å². The van der Waals surface area contributed by atoms with Crippen LogP contribution in [0.3, 0.4) is 0 Å². The molecule has 1 N–H and O–H groups in total. The molecule has 1 unspecified atom stereocenters. The van der Waals surface area contributed by atoms with Crippen molar-refractivity contribution in [1.29, 1.82) is 0 Å². The first kappa shape index (κ1) is 15.0. The maximum absolute atomic E-state index is 13.0. The third-order valence-corrected chi connectivity index (χ3v) is 6.55. The average molecular weight is 308 g/mol. The van der Waals surface area contributed by atoms with E-state index in [1.807, 2.05) is 25.1 Å². The van der Waals surface area contributed by atoms with E-state index in [9.17, 15) is 8.42 Å². The van der Waals surface area contributed by atoms with Gasteiger partial charge in [-0.2, -0.15) is 4.31 Å². The summed E-state index contributed by atoms with van der Waals surface area (Å²) in [5.41, 5.74) is 0.838. The van der Waals surface area contributed by atoms with Gasteiger partial charge in [-0.3, -0.25) is 0 Å². The maximum Gasteiger partial charge on any atom is 0.243 e. The average Bonchev–Trinajstić information content (AvgIpc) is 3.30. The molecule has 1 atom stereocenters. The van der Waals surface area contributed by atoms with Crippen molar-refractivity contribution in [3.8, 4) is 0 Å². The molecule has 1 saturated heterocycles. The molecule has 0 amide bonds. The highest BCUT2D eigenvalue weighted by atomic mass is 32.2. The Balaban J connectivity index is 1.84. The SMILES string of the molecule is Cc1ccccc1S(=O)(=O)N(CC1CCCNC1)C1CC1. The predicted molar refractivity (Wildman–Crippen MR) is 83.7 cm³/mol. The minimum absolute atomic E-state index is 0.219. The lowest BCUT2D eigenvalue weighted by Crippen LogP contribution is -2.42. The molecular weight excluding hydrogens is 284 g/mol. The molecule has 4 nitrogen and oxygen atoms in total. The Morgan fingerprint density at radius 2 is 2.00 bits per heavy atom. The zero-order chi connectivity index (χ0) is 14.9. The minimum atomic E-state index is -3.36. The van der Waals surface area contributed by atoms with E-state index < -0.39 is 10.0 Å². The summed E-state index contributed by atoms with van der Waals surface area (Å²) in [4.78, 5) is 0.473. The molecule has 3 rings (SSSR count). The molecule has 2 aliphatic rings. The summed E-state index contributed by atoms with van der Waals surface area (Å²) < 4.78 is 27.8. The van der Waals surface area contributed by atoms with Gasteiger partial charge < -0.3 is 5.32 Å². The monoisotopic (exact) mass is 308 g/mol. The van der Waals surface area contributed by atoms with E-state index in [2.05, 4.69) is 5.32 Å². The van der Waals surface area contributed by atoms with Crippen molar-refractivity contribution in [3.05, 3.63) is 29.8 Å². The molecule has 1 aliphatic carbocycles. The van der Waals surface area contributed by atoms with Crippen LogP contribution in [-0.4, -0.2) is 38.4 Å². The van der Waals surface area contributed by atoms with Gasteiger partial charge >= 0.3 is 0 Å². The largest absolute Gasteiger partial charge is 0.316 e. The van der Waals surface area contributed by atoms with Gasteiger partial charge in [0.2, 0.25) is 10.0 Å². The summed E-state index contributed by atoms with van der Waals surface area (Å²) in [6.07, 6.45) is 4.28. The standard InChI is InChI=1S/C16H24N2O2S/c1-13-5-2-3-7-16(13)21(19,20)18(15-8-9-15)12-14-6-4-10-17-11-14/h2-3,5,7,14-15,17H,4,6,8-12H2,1H3. The highest BCUT2D eigenvalue weighted by Crippen LogP contribution is 2.34. The minimum Gasteiger partial charge on any atom is -0.316 e. The fourth-order valence-corrected chi connectivity index (χ4v) is 5.10. The van der Waals surface area contributed by atoms with Crippen LogP contribution in [0, 0.1) is 12.8 Å². The molecule has 1 saturated carbocycles. The number of hydrogen-bond donors (Lipinski definition) is 1. The van der Waals surface area contributed by atoms with Crippen LogP contribution in [0.15, 0.2) is 29.2 Å². The molecule has 0 spiro atoms. The molecule has 5 heteroatoms. The van der Waals surface area contributed by atoms with Gasteiger partial charge in [0.25, 0.3) is 0 Å². The fourth-order valence-electron chi connectivity index (χ4n) is 3.11. The van der Waals surface area contributed by atoms with Gasteiger partial charge in [0.1, 0.15) is 0 Å². The molecule has 0 radical (unpaired) electrons. The summed E-state index contributed by atoms with van der Waals surface area (Å²) in [7, 11) is -3.36. The normalized spacial score (nSPS) is 23.4. The number of benzene rings is 1. The van der Waals surface area contributed by atoms with Crippen LogP contribution in [0.4, 0.5) is 0 Å². The maximum atomic E-state index is 13.0. The highest BCUT2D eigenvalue weighted by molar-refractivity contribution is 7.89. The molecule has 21 heavy (non-hydrogen) atoms. The van der Waals surface area contributed by atoms with E-state index in [-0.39, 0.29) is 6.04 Å². The predicted octanol–water partition coefficient (Wildman–Crippen LogP) is 2.15. The first-order chi connectivity index (χ1) is 10.1. The summed E-state index contributed by atoms with van der Waals surface area (Å²) in [6.45, 7) is 4.53. The number of piperidine rings is 1. The number of hydrogen-bond acceptors (Lipinski definition) is 3. The lowest BCUT2D eigenvalue weighted by molar-refractivity contribution is 0.286. The van der Waals surface area contributed by atoms with Crippen LogP contribution in [0.2, 0.25) is 0 Å². The zero-order valence-corrected chi connectivity index (χ0v) is 13.4. The topological polar surface area (TPSA) is 49.4 Å². The summed E-state index contributed by atoms with van der Waals surface area (Å²) >= 11 is 0. The number of sulfonamides is 1. The van der Waals surface area contributed by atoms with Crippen molar-refractivity contribution in [2.45, 2.75) is 43.5 Å². The zero-order valence-electron chi connectivity index (χ0n) is 12.6. The van der Waals surface area contributed by atoms with Crippen molar-refractivity contribution in [2.75, 3.05) is 19.6 Å². The molecule has 2 fully saturated rings. The molecule has 1 aliphatic heterocycles. The van der Waals surface area contributed by atoms with Gasteiger partial charge in [0, 0.05) is 12.6 Å². The van der Waals surface area contributed by atoms with Crippen molar-refractivity contribution < 1.29 is 8.42 Å². The van der Waals surface area contributed by atoms with Gasteiger partial charge in [-0.05, 0) is 63.2 Å². The Hall–Kier alpha value is -0.910. The number of rotatable bonds is 5. The van der Waals surface area contributed by atoms with Crippen molar-refractivity contribution >= 4 is 10.0 Å². The van der Waals surface area contributed by atoms with Crippen LogP contribution < -0.4 is 5.32 Å². The van der Waals surface area contributed by atoms with Crippen molar-refractivity contribution in [1.82, 2.24) is 9.62 Å². The molecule has 1 heterocycles. The van der Waals surface area contributed by atoms with Gasteiger partial charge in [-0.25, -0.2) is 8.42 Å². The summed E-state index contributed by atoms with van der Waals surface area (Å²) in [5, 5.41) is 3.38. The number of nitrogens with one attached hydrogen (secondary N) is 1. The van der Waals surface area contributed by atoms with Crippen LogP contribution >= 0.6 is 0 Å². The lowest BCUT2D eigenvalue weighted by atomic mass is 10.00. The Morgan fingerprint density at radius 3 is 2.62 bits per heavy atom. The number of nitrogens with zero attached hydrogens (tertiary/aromatic N) is 1.